The van der Waals surface area contributed by atoms with Crippen LogP contribution in [0.3, 0.4) is 0 Å². The Kier molecular flexibility index (Phi) is 5.88. The number of carbonyl (C=O) groups excluding carboxylic acids is 2. The Hall–Kier alpha value is -4.02. The van der Waals surface area contributed by atoms with Gasteiger partial charge in [0.1, 0.15) is 11.1 Å². The largest absolute Gasteiger partial charge is 0.465 e. The predicted molar refractivity (Wildman–Crippen MR) is 93.7 cm³/mol. The van der Waals surface area contributed by atoms with Crippen molar-refractivity contribution in [2.24, 2.45) is 0 Å². The van der Waals surface area contributed by atoms with Gasteiger partial charge in [-0.1, -0.05) is 6.07 Å². The van der Waals surface area contributed by atoms with Crippen molar-refractivity contribution in [1.82, 2.24) is 0 Å². The lowest BCUT2D eigenvalue weighted by atomic mass is 10.1. The van der Waals surface area contributed by atoms with Crippen LogP contribution in [0.4, 0.5) is 11.4 Å². The monoisotopic (exact) mass is 390 g/mol. The molecule has 0 saturated carbocycles. The molecule has 11 nitrogen and oxygen atoms in total. The van der Waals surface area contributed by atoms with E-state index in [1.165, 1.54) is 31.2 Å². The van der Waals surface area contributed by atoms with Gasteiger partial charge in [0.15, 0.2) is 5.75 Å². The summed E-state index contributed by atoms with van der Waals surface area (Å²) < 4.78 is 14.7. The Balaban J connectivity index is 2.83. The van der Waals surface area contributed by atoms with Crippen LogP contribution in [0.5, 0.6) is 11.5 Å². The number of aryl methyl sites for hydroxylation is 1. The summed E-state index contributed by atoms with van der Waals surface area (Å²) in [6.45, 7) is 1.36. The Bertz CT molecular complexity index is 951. The Morgan fingerprint density at radius 2 is 1.39 bits per heavy atom. The first kappa shape index (κ1) is 20.3. The molecule has 11 heteroatoms. The van der Waals surface area contributed by atoms with E-state index in [0.29, 0.717) is 0 Å². The van der Waals surface area contributed by atoms with E-state index in [2.05, 4.69) is 9.47 Å². The van der Waals surface area contributed by atoms with Gasteiger partial charge < -0.3 is 14.2 Å². The molecule has 0 aromatic heterocycles. The van der Waals surface area contributed by atoms with Gasteiger partial charge in [0.25, 0.3) is 5.75 Å². The number of rotatable bonds is 6. The zero-order valence-corrected chi connectivity index (χ0v) is 15.0. The SMILES string of the molecule is COC(=O)c1cccc(C(=O)OC)c1Oc1c([N+](=O)[O-])ccc(C)c1[N+](=O)[O-]. The molecule has 0 fully saturated rings. The van der Waals surface area contributed by atoms with Crippen molar-refractivity contribution in [3.63, 3.8) is 0 Å². The van der Waals surface area contributed by atoms with E-state index in [1.807, 2.05) is 0 Å². The van der Waals surface area contributed by atoms with Crippen molar-refractivity contribution in [2.45, 2.75) is 6.92 Å². The number of nitro groups is 2. The number of nitrogens with zero attached hydrogens (tertiary/aromatic N) is 2. The van der Waals surface area contributed by atoms with E-state index in [0.717, 1.165) is 20.3 Å². The number of ether oxygens (including phenoxy) is 3. The summed E-state index contributed by atoms with van der Waals surface area (Å²) in [5, 5.41) is 22.8. The summed E-state index contributed by atoms with van der Waals surface area (Å²) in [5.41, 5.74) is -1.84. The highest BCUT2D eigenvalue weighted by atomic mass is 16.6. The number of nitro benzene ring substituents is 2. The van der Waals surface area contributed by atoms with Crippen molar-refractivity contribution in [3.8, 4) is 11.5 Å². The molecule has 146 valence electrons. The van der Waals surface area contributed by atoms with Crippen LogP contribution in [-0.4, -0.2) is 36.0 Å². The highest BCUT2D eigenvalue weighted by Crippen LogP contribution is 2.43. The molecule has 0 bridgehead atoms. The molecule has 0 radical (unpaired) electrons. The lowest BCUT2D eigenvalue weighted by Gasteiger charge is -2.14. The van der Waals surface area contributed by atoms with Gasteiger partial charge in [0.05, 0.1) is 24.1 Å². The maximum atomic E-state index is 12.1. The molecule has 0 N–H and O–H groups in total. The highest BCUT2D eigenvalue weighted by molar-refractivity contribution is 6.00. The zero-order chi connectivity index (χ0) is 21.0. The molecule has 0 unspecified atom stereocenters. The maximum Gasteiger partial charge on any atom is 0.341 e. The zero-order valence-electron chi connectivity index (χ0n) is 15.0. The lowest BCUT2D eigenvalue weighted by Crippen LogP contribution is -2.11. The molecular weight excluding hydrogens is 376 g/mol. The van der Waals surface area contributed by atoms with Crippen molar-refractivity contribution in [1.29, 1.82) is 0 Å². The summed E-state index contributed by atoms with van der Waals surface area (Å²) in [5.74, 6) is -3.02. The third-order valence-electron chi connectivity index (χ3n) is 3.72. The van der Waals surface area contributed by atoms with Crippen LogP contribution in [0, 0.1) is 27.2 Å². The first-order chi connectivity index (χ1) is 13.2. The van der Waals surface area contributed by atoms with E-state index in [4.69, 9.17) is 4.74 Å². The molecule has 0 atom stereocenters. The normalized spacial score (nSPS) is 10.1. The third-order valence-corrected chi connectivity index (χ3v) is 3.72. The highest BCUT2D eigenvalue weighted by Gasteiger charge is 2.32. The van der Waals surface area contributed by atoms with Crippen molar-refractivity contribution in [3.05, 3.63) is 67.3 Å². The quantitative estimate of drug-likeness (QED) is 0.412. The molecule has 0 saturated heterocycles. The van der Waals surface area contributed by atoms with Gasteiger partial charge in [-0.15, -0.1) is 0 Å². The maximum absolute atomic E-state index is 12.1. The minimum Gasteiger partial charge on any atom is -0.465 e. The number of carbonyl (C=O) groups is 2. The lowest BCUT2D eigenvalue weighted by molar-refractivity contribution is -0.396. The van der Waals surface area contributed by atoms with Gasteiger partial charge in [0, 0.05) is 11.6 Å². The van der Waals surface area contributed by atoms with Gasteiger partial charge in [-0.25, -0.2) is 9.59 Å². The Morgan fingerprint density at radius 1 is 0.857 bits per heavy atom. The molecule has 0 aliphatic heterocycles. The first-order valence-electron chi connectivity index (χ1n) is 7.62. The van der Waals surface area contributed by atoms with E-state index in [-0.39, 0.29) is 16.7 Å². The van der Waals surface area contributed by atoms with Crippen LogP contribution in [0.1, 0.15) is 26.3 Å². The van der Waals surface area contributed by atoms with Crippen molar-refractivity contribution < 1.29 is 33.6 Å². The van der Waals surface area contributed by atoms with E-state index < -0.39 is 44.7 Å². The number of hydrogen-bond acceptors (Lipinski definition) is 9. The standard InChI is InChI=1S/C17H14N2O9/c1-9-7-8-12(18(22)23)15(13(9)19(24)25)28-14-10(16(20)26-2)5-4-6-11(14)17(21)27-3/h4-8H,1-3H3. The molecule has 0 amide bonds. The molecule has 28 heavy (non-hydrogen) atoms. The van der Waals surface area contributed by atoms with E-state index in [9.17, 15) is 29.8 Å². The van der Waals surface area contributed by atoms with Crippen LogP contribution in [0.2, 0.25) is 0 Å². The van der Waals surface area contributed by atoms with Gasteiger partial charge in [-0.2, -0.15) is 0 Å². The summed E-state index contributed by atoms with van der Waals surface area (Å²) in [4.78, 5) is 45.3. The molecule has 0 aliphatic rings. The summed E-state index contributed by atoms with van der Waals surface area (Å²) in [7, 11) is 2.16. The van der Waals surface area contributed by atoms with Crippen LogP contribution >= 0.6 is 0 Å². The number of para-hydroxylation sites is 1. The van der Waals surface area contributed by atoms with Crippen LogP contribution in [0.15, 0.2) is 30.3 Å². The van der Waals surface area contributed by atoms with Gasteiger partial charge in [0.2, 0.25) is 0 Å². The third kappa shape index (κ3) is 3.72. The van der Waals surface area contributed by atoms with E-state index in [1.54, 1.807) is 0 Å². The molecule has 0 spiro atoms. The second-order valence-corrected chi connectivity index (χ2v) is 5.36. The number of methoxy groups -OCH3 is 2. The van der Waals surface area contributed by atoms with Gasteiger partial charge in [-0.05, 0) is 25.1 Å². The van der Waals surface area contributed by atoms with E-state index >= 15 is 0 Å². The average molecular weight is 390 g/mol. The number of benzene rings is 2. The van der Waals surface area contributed by atoms with Crippen molar-refractivity contribution in [2.75, 3.05) is 14.2 Å². The summed E-state index contributed by atoms with van der Waals surface area (Å²) in [6.07, 6.45) is 0. The van der Waals surface area contributed by atoms with Gasteiger partial charge >= 0.3 is 23.3 Å². The molecule has 2 aromatic rings. The minimum absolute atomic E-state index is 0.0840. The number of hydrogen-bond donors (Lipinski definition) is 0. The number of esters is 2. The Labute approximate surface area is 157 Å². The van der Waals surface area contributed by atoms with Crippen LogP contribution in [0.25, 0.3) is 0 Å². The predicted octanol–water partition coefficient (Wildman–Crippen LogP) is 3.18. The van der Waals surface area contributed by atoms with Crippen LogP contribution < -0.4 is 4.74 Å². The molecule has 0 aliphatic carbocycles. The smallest absolute Gasteiger partial charge is 0.341 e. The topological polar surface area (TPSA) is 148 Å². The fraction of sp³-hybridized carbons (Fsp3) is 0.176. The Morgan fingerprint density at radius 3 is 1.82 bits per heavy atom. The first-order valence-corrected chi connectivity index (χ1v) is 7.62. The second kappa shape index (κ2) is 8.12. The molecule has 0 heterocycles. The molecule has 2 rings (SSSR count). The molecule has 2 aromatic carbocycles. The van der Waals surface area contributed by atoms with Crippen LogP contribution in [-0.2, 0) is 9.47 Å². The summed E-state index contributed by atoms with van der Waals surface area (Å²) in [6, 6.07) is 6.03. The second-order valence-electron chi connectivity index (χ2n) is 5.36. The average Bonchev–Trinajstić information content (AvgIpc) is 2.66. The fourth-order valence-electron chi connectivity index (χ4n) is 2.42. The minimum atomic E-state index is -0.918. The summed E-state index contributed by atoms with van der Waals surface area (Å²) >= 11 is 0. The fourth-order valence-corrected chi connectivity index (χ4v) is 2.42. The molecular formula is C17H14N2O9. The van der Waals surface area contributed by atoms with Gasteiger partial charge in [-0.3, -0.25) is 20.2 Å². The van der Waals surface area contributed by atoms with Crippen molar-refractivity contribution >= 4 is 23.3 Å².